The Morgan fingerprint density at radius 1 is 1.14 bits per heavy atom. The Kier molecular flexibility index (Phi) is 5.98. The maximum absolute atomic E-state index is 13.4. The number of nitrogens with zero attached hydrogens (tertiary/aromatic N) is 1. The number of fused-ring (bicyclic) bond motifs is 1. The van der Waals surface area contributed by atoms with Crippen molar-refractivity contribution < 1.29 is 18.8 Å². The van der Waals surface area contributed by atoms with Gasteiger partial charge in [-0.25, -0.2) is 0 Å². The number of carbonyl (C=O) groups is 1. The van der Waals surface area contributed by atoms with Crippen LogP contribution in [0, 0.1) is 0 Å². The number of ketones is 1. The molecular weight excluding hydrogens is 372 g/mol. The summed E-state index contributed by atoms with van der Waals surface area (Å²) < 4.78 is 13.0. The third-order valence-electron chi connectivity index (χ3n) is 4.69. The maximum atomic E-state index is 13.4. The van der Waals surface area contributed by atoms with Crippen molar-refractivity contribution in [2.45, 2.75) is 39.2 Å². The second kappa shape index (κ2) is 8.27. The van der Waals surface area contributed by atoms with Gasteiger partial charge in [-0.3, -0.25) is 4.79 Å². The van der Waals surface area contributed by atoms with Gasteiger partial charge in [0.2, 0.25) is 5.78 Å². The summed E-state index contributed by atoms with van der Waals surface area (Å²) in [6.45, 7) is 10.1. The molecule has 0 spiro atoms. The smallest absolute Gasteiger partial charge is 0.270 e. The second-order valence-electron chi connectivity index (χ2n) is 7.80. The van der Waals surface area contributed by atoms with Crippen LogP contribution >= 0.6 is 12.2 Å². The molecule has 5 nitrogen and oxygen atoms in total. The van der Waals surface area contributed by atoms with E-state index in [-0.39, 0.29) is 11.2 Å². The lowest BCUT2D eigenvalue weighted by Crippen LogP contribution is -2.51. The van der Waals surface area contributed by atoms with E-state index in [0.717, 1.165) is 0 Å². The summed E-state index contributed by atoms with van der Waals surface area (Å²) in [7, 11) is 0. The molecule has 148 valence electrons. The number of ether oxygens (including phenoxy) is 2. The van der Waals surface area contributed by atoms with Crippen molar-refractivity contribution in [2.24, 2.45) is 0 Å². The van der Waals surface area contributed by atoms with Gasteiger partial charge in [0.1, 0.15) is 13.2 Å². The fraction of sp³-hybridized carbons (Fsp3) is 0.409. The molecular formula is C22H27N2O3S+. The van der Waals surface area contributed by atoms with E-state index in [4.69, 9.17) is 21.7 Å². The number of Topliss-reactive ketones (excluding diaryl/α,β-unsaturated/α-hetero) is 1. The predicted octanol–water partition coefficient (Wildman–Crippen LogP) is 3.40. The average Bonchev–Trinajstić information content (AvgIpc) is 2.67. The zero-order valence-electron chi connectivity index (χ0n) is 16.8. The van der Waals surface area contributed by atoms with Gasteiger partial charge in [0, 0.05) is 24.2 Å². The molecule has 0 saturated carbocycles. The molecule has 0 aliphatic carbocycles. The van der Waals surface area contributed by atoms with Crippen LogP contribution in [-0.4, -0.2) is 30.5 Å². The van der Waals surface area contributed by atoms with Crippen molar-refractivity contribution in [2.75, 3.05) is 19.8 Å². The minimum absolute atomic E-state index is 0.0383. The monoisotopic (exact) mass is 399 g/mol. The topological polar surface area (TPSA) is 51.4 Å². The standard InChI is InChI=1S/C22H26N2O3S/c1-5-23-21(28)19(24-10-8-16(9-11-24)22(2,3)4)20(25)15-6-7-17-18(14-15)27-13-12-26-17/h6-11,14,19H,5,12-13H2,1-4H3/p+1. The first-order chi connectivity index (χ1) is 13.3. The van der Waals surface area contributed by atoms with Crippen LogP contribution < -0.4 is 19.4 Å². The van der Waals surface area contributed by atoms with Gasteiger partial charge in [0.25, 0.3) is 6.04 Å². The molecule has 0 bridgehead atoms. The zero-order chi connectivity index (χ0) is 20.3. The minimum atomic E-state index is -0.619. The number of nitrogens with one attached hydrogen (secondary N) is 1. The molecule has 0 saturated heterocycles. The third-order valence-corrected chi connectivity index (χ3v) is 5.06. The first-order valence-corrected chi connectivity index (χ1v) is 9.95. The van der Waals surface area contributed by atoms with E-state index in [9.17, 15) is 4.79 Å². The summed E-state index contributed by atoms with van der Waals surface area (Å²) in [5, 5.41) is 3.14. The van der Waals surface area contributed by atoms with Gasteiger partial charge in [0.15, 0.2) is 28.9 Å². The van der Waals surface area contributed by atoms with E-state index in [2.05, 4.69) is 26.1 Å². The number of hydrogen-bond donors (Lipinski definition) is 1. The first-order valence-electron chi connectivity index (χ1n) is 9.54. The third kappa shape index (κ3) is 4.33. The van der Waals surface area contributed by atoms with E-state index in [1.54, 1.807) is 18.2 Å². The van der Waals surface area contributed by atoms with Crippen LogP contribution in [0.4, 0.5) is 0 Å². The fourth-order valence-electron chi connectivity index (χ4n) is 3.13. The molecule has 1 atom stereocenters. The normalized spacial score (nSPS) is 14.3. The van der Waals surface area contributed by atoms with Crippen LogP contribution in [0.25, 0.3) is 0 Å². The predicted molar refractivity (Wildman–Crippen MR) is 112 cm³/mol. The SMILES string of the molecule is CCNC(=S)C(C(=O)c1ccc2c(c1)OCCO2)[n+]1ccc(C(C)(C)C)cc1. The summed E-state index contributed by atoms with van der Waals surface area (Å²) >= 11 is 5.55. The molecule has 2 aromatic rings. The van der Waals surface area contributed by atoms with E-state index >= 15 is 0 Å². The molecule has 28 heavy (non-hydrogen) atoms. The van der Waals surface area contributed by atoms with E-state index in [1.165, 1.54) is 5.56 Å². The van der Waals surface area contributed by atoms with Crippen LogP contribution in [0.15, 0.2) is 42.7 Å². The average molecular weight is 400 g/mol. The van der Waals surface area contributed by atoms with Gasteiger partial charge in [-0.15, -0.1) is 0 Å². The van der Waals surface area contributed by atoms with E-state index in [0.29, 0.717) is 41.8 Å². The minimum Gasteiger partial charge on any atom is -0.486 e. The number of thiocarbonyl (C=S) groups is 1. The lowest BCUT2D eigenvalue weighted by molar-refractivity contribution is -0.692. The zero-order valence-corrected chi connectivity index (χ0v) is 17.6. The Morgan fingerprint density at radius 2 is 1.79 bits per heavy atom. The summed E-state index contributed by atoms with van der Waals surface area (Å²) in [5.41, 5.74) is 1.78. The molecule has 1 aromatic heterocycles. The lowest BCUT2D eigenvalue weighted by Gasteiger charge is -2.20. The van der Waals surface area contributed by atoms with Crippen LogP contribution in [-0.2, 0) is 5.41 Å². The second-order valence-corrected chi connectivity index (χ2v) is 8.24. The Morgan fingerprint density at radius 3 is 2.39 bits per heavy atom. The number of rotatable bonds is 5. The lowest BCUT2D eigenvalue weighted by atomic mass is 9.88. The quantitative estimate of drug-likeness (QED) is 0.474. The molecule has 1 aliphatic rings. The van der Waals surface area contributed by atoms with Crippen LogP contribution in [0.3, 0.4) is 0 Å². The highest BCUT2D eigenvalue weighted by Crippen LogP contribution is 2.31. The maximum Gasteiger partial charge on any atom is 0.270 e. The van der Waals surface area contributed by atoms with Gasteiger partial charge < -0.3 is 14.8 Å². The summed E-state index contributed by atoms with van der Waals surface area (Å²) in [6, 6.07) is 8.75. The number of carbonyl (C=O) groups excluding carboxylic acids is 1. The van der Waals surface area contributed by atoms with E-state index < -0.39 is 6.04 Å². The number of pyridine rings is 1. The van der Waals surface area contributed by atoms with Crippen molar-refractivity contribution in [3.05, 3.63) is 53.9 Å². The van der Waals surface area contributed by atoms with Gasteiger partial charge in [0.05, 0.1) is 0 Å². The molecule has 3 rings (SSSR count). The first kappa shape index (κ1) is 20.3. The largest absolute Gasteiger partial charge is 0.486 e. The van der Waals surface area contributed by atoms with Crippen molar-refractivity contribution >= 4 is 23.0 Å². The molecule has 1 aliphatic heterocycles. The molecule has 0 radical (unpaired) electrons. The van der Waals surface area contributed by atoms with Crippen LogP contribution in [0.1, 0.15) is 49.7 Å². The highest BCUT2D eigenvalue weighted by Gasteiger charge is 2.34. The number of hydrogen-bond acceptors (Lipinski definition) is 4. The van der Waals surface area contributed by atoms with Crippen molar-refractivity contribution in [3.8, 4) is 11.5 Å². The molecule has 2 heterocycles. The van der Waals surface area contributed by atoms with Crippen molar-refractivity contribution in [1.82, 2.24) is 5.32 Å². The summed E-state index contributed by atoms with van der Waals surface area (Å²) in [5.74, 6) is 1.17. The number of aromatic nitrogens is 1. The Labute approximate surface area is 171 Å². The number of likely N-dealkylation sites (N-methyl/N-ethyl adjacent to an activating group) is 1. The van der Waals surface area contributed by atoms with Gasteiger partial charge in [-0.2, -0.15) is 4.57 Å². The Bertz CT molecular complexity index is 872. The van der Waals surface area contributed by atoms with Gasteiger partial charge in [-0.1, -0.05) is 33.0 Å². The fourth-order valence-corrected chi connectivity index (χ4v) is 3.50. The molecule has 1 unspecified atom stereocenters. The van der Waals surface area contributed by atoms with Gasteiger partial charge >= 0.3 is 0 Å². The Hall–Kier alpha value is -2.47. The summed E-state index contributed by atoms with van der Waals surface area (Å²) in [6.07, 6.45) is 3.84. The summed E-state index contributed by atoms with van der Waals surface area (Å²) in [4.78, 5) is 13.9. The molecule has 6 heteroatoms. The highest BCUT2D eigenvalue weighted by atomic mass is 32.1. The molecule has 1 N–H and O–H groups in total. The molecule has 0 fully saturated rings. The van der Waals surface area contributed by atoms with Crippen molar-refractivity contribution in [3.63, 3.8) is 0 Å². The van der Waals surface area contributed by atoms with Crippen LogP contribution in [0.2, 0.25) is 0 Å². The van der Waals surface area contributed by atoms with E-state index in [1.807, 2.05) is 36.0 Å². The number of benzene rings is 1. The molecule has 0 amide bonds. The Balaban J connectivity index is 1.96. The highest BCUT2D eigenvalue weighted by molar-refractivity contribution is 7.80. The van der Waals surface area contributed by atoms with Crippen LogP contribution in [0.5, 0.6) is 11.5 Å². The molecule has 1 aromatic carbocycles. The van der Waals surface area contributed by atoms with Gasteiger partial charge in [-0.05, 0) is 36.1 Å². The van der Waals surface area contributed by atoms with Crippen molar-refractivity contribution in [1.29, 1.82) is 0 Å².